The van der Waals surface area contributed by atoms with Gasteiger partial charge in [0.1, 0.15) is 10.7 Å². The van der Waals surface area contributed by atoms with Crippen molar-refractivity contribution in [3.8, 4) is 10.6 Å². The number of hydrogen-bond acceptors (Lipinski definition) is 5. The lowest BCUT2D eigenvalue weighted by atomic mass is 9.84. The number of nitrogens with one attached hydrogen (secondary N) is 1. The summed E-state index contributed by atoms with van der Waals surface area (Å²) < 4.78 is 0. The summed E-state index contributed by atoms with van der Waals surface area (Å²) in [7, 11) is 0. The third kappa shape index (κ3) is 2.64. The van der Waals surface area contributed by atoms with Crippen molar-refractivity contribution >= 4 is 17.2 Å². The van der Waals surface area contributed by atoms with Crippen LogP contribution in [0, 0.1) is 5.92 Å². The van der Waals surface area contributed by atoms with Gasteiger partial charge in [-0.3, -0.25) is 9.78 Å². The van der Waals surface area contributed by atoms with Crippen molar-refractivity contribution in [2.75, 3.05) is 19.6 Å². The molecule has 0 spiro atoms. The summed E-state index contributed by atoms with van der Waals surface area (Å²) in [6.07, 6.45) is 5.90. The highest BCUT2D eigenvalue weighted by Gasteiger charge is 2.35. The van der Waals surface area contributed by atoms with Crippen LogP contribution in [0.3, 0.4) is 0 Å². The Balaban J connectivity index is 1.46. The third-order valence-corrected chi connectivity index (χ3v) is 5.51. The minimum absolute atomic E-state index is 0.0508. The molecule has 3 saturated heterocycles. The van der Waals surface area contributed by atoms with E-state index >= 15 is 0 Å². The van der Waals surface area contributed by atoms with Crippen molar-refractivity contribution in [1.29, 1.82) is 0 Å². The van der Waals surface area contributed by atoms with Gasteiger partial charge in [-0.25, -0.2) is 4.98 Å². The predicted molar refractivity (Wildman–Crippen MR) is 85.8 cm³/mol. The molecule has 3 aliphatic rings. The smallest absolute Gasteiger partial charge is 0.271 e. The van der Waals surface area contributed by atoms with E-state index in [1.54, 1.807) is 12.4 Å². The van der Waals surface area contributed by atoms with E-state index in [9.17, 15) is 4.79 Å². The third-order valence-electron chi connectivity index (χ3n) is 4.62. The number of thiazole rings is 1. The highest BCUT2D eigenvalue weighted by Crippen LogP contribution is 2.28. The fourth-order valence-electron chi connectivity index (χ4n) is 3.37. The molecule has 2 aromatic rings. The molecule has 1 atom stereocenters. The average molecular weight is 314 g/mol. The summed E-state index contributed by atoms with van der Waals surface area (Å²) in [5, 5.41) is 5.85. The van der Waals surface area contributed by atoms with E-state index in [4.69, 9.17) is 0 Å². The summed E-state index contributed by atoms with van der Waals surface area (Å²) >= 11 is 1.49. The number of nitrogens with zero attached hydrogens (tertiary/aromatic N) is 3. The van der Waals surface area contributed by atoms with Crippen LogP contribution >= 0.6 is 11.3 Å². The number of hydrogen-bond donors (Lipinski definition) is 1. The molecule has 0 radical (unpaired) electrons. The fourth-order valence-corrected chi connectivity index (χ4v) is 4.16. The van der Waals surface area contributed by atoms with Crippen LogP contribution in [0.15, 0.2) is 29.9 Å². The van der Waals surface area contributed by atoms with Crippen molar-refractivity contribution in [1.82, 2.24) is 20.2 Å². The number of fused-ring (bicyclic) bond motifs is 3. The van der Waals surface area contributed by atoms with Crippen LogP contribution < -0.4 is 5.32 Å². The molecule has 3 fully saturated rings. The Hall–Kier alpha value is -1.79. The fraction of sp³-hybridized carbons (Fsp3) is 0.438. The monoisotopic (exact) mass is 314 g/mol. The maximum atomic E-state index is 12.4. The van der Waals surface area contributed by atoms with Gasteiger partial charge in [0, 0.05) is 35.9 Å². The van der Waals surface area contributed by atoms with Crippen LogP contribution in [0.2, 0.25) is 0 Å². The van der Waals surface area contributed by atoms with E-state index in [0.717, 1.165) is 17.1 Å². The molecular weight excluding hydrogens is 296 g/mol. The molecule has 2 bridgehead atoms. The Labute approximate surface area is 133 Å². The Bertz CT molecular complexity index is 664. The van der Waals surface area contributed by atoms with Gasteiger partial charge in [0.2, 0.25) is 0 Å². The number of amides is 1. The Morgan fingerprint density at radius 2 is 2.23 bits per heavy atom. The highest BCUT2D eigenvalue weighted by atomic mass is 32.1. The topological polar surface area (TPSA) is 58.1 Å². The number of carbonyl (C=O) groups excluding carboxylic acids is 1. The van der Waals surface area contributed by atoms with Gasteiger partial charge in [0.25, 0.3) is 5.91 Å². The van der Waals surface area contributed by atoms with Crippen LogP contribution in [-0.4, -0.2) is 46.5 Å². The normalized spacial score (nSPS) is 26.8. The minimum atomic E-state index is -0.0508. The molecule has 0 unspecified atom stereocenters. The summed E-state index contributed by atoms with van der Waals surface area (Å²) in [4.78, 5) is 23.4. The van der Waals surface area contributed by atoms with E-state index in [1.165, 1.54) is 37.3 Å². The number of carbonyl (C=O) groups is 1. The lowest BCUT2D eigenvalue weighted by Gasteiger charge is -2.44. The summed E-state index contributed by atoms with van der Waals surface area (Å²) in [6, 6.07) is 4.11. The zero-order valence-corrected chi connectivity index (χ0v) is 13.1. The quantitative estimate of drug-likeness (QED) is 0.942. The van der Waals surface area contributed by atoms with Gasteiger partial charge >= 0.3 is 0 Å². The second-order valence-corrected chi connectivity index (χ2v) is 6.86. The second-order valence-electron chi connectivity index (χ2n) is 6.00. The van der Waals surface area contributed by atoms with Crippen molar-refractivity contribution in [2.24, 2.45) is 5.92 Å². The van der Waals surface area contributed by atoms with E-state index in [0.29, 0.717) is 11.6 Å². The molecule has 3 aliphatic heterocycles. The lowest BCUT2D eigenvalue weighted by Crippen LogP contribution is -2.57. The summed E-state index contributed by atoms with van der Waals surface area (Å²) in [5.41, 5.74) is 1.47. The zero-order valence-electron chi connectivity index (χ0n) is 12.2. The van der Waals surface area contributed by atoms with Gasteiger partial charge in [0.05, 0.1) is 0 Å². The van der Waals surface area contributed by atoms with Gasteiger partial charge in [0.15, 0.2) is 0 Å². The molecule has 0 aliphatic carbocycles. The van der Waals surface area contributed by atoms with Crippen molar-refractivity contribution in [3.05, 3.63) is 35.6 Å². The zero-order chi connectivity index (χ0) is 14.9. The molecule has 0 saturated carbocycles. The first-order valence-electron chi connectivity index (χ1n) is 7.69. The van der Waals surface area contributed by atoms with Crippen molar-refractivity contribution in [3.63, 3.8) is 0 Å². The largest absolute Gasteiger partial charge is 0.346 e. The summed E-state index contributed by atoms with van der Waals surface area (Å²) in [5.74, 6) is 0.579. The van der Waals surface area contributed by atoms with Crippen LogP contribution in [0.4, 0.5) is 0 Å². The van der Waals surface area contributed by atoms with Gasteiger partial charge in [-0.15, -0.1) is 11.3 Å². The first-order chi connectivity index (χ1) is 10.8. The van der Waals surface area contributed by atoms with Crippen LogP contribution in [0.1, 0.15) is 23.3 Å². The molecule has 2 aromatic heterocycles. The standard InChI is InChI=1S/C16H18N4OS/c21-15(18-13-9-20-6-3-11(13)4-7-20)14-10-22-16(19-14)12-2-1-5-17-8-12/h1-2,5,8,10-11,13H,3-4,6-7,9H2,(H,18,21)/t13-/m0/s1. The predicted octanol–water partition coefficient (Wildman–Crippen LogP) is 2.03. The van der Waals surface area contributed by atoms with Crippen LogP contribution in [-0.2, 0) is 0 Å². The lowest BCUT2D eigenvalue weighted by molar-refractivity contribution is 0.0618. The van der Waals surface area contributed by atoms with E-state index in [-0.39, 0.29) is 11.9 Å². The van der Waals surface area contributed by atoms with Crippen molar-refractivity contribution < 1.29 is 4.79 Å². The van der Waals surface area contributed by atoms with E-state index in [2.05, 4.69) is 20.2 Å². The Morgan fingerprint density at radius 3 is 2.91 bits per heavy atom. The Morgan fingerprint density at radius 1 is 1.36 bits per heavy atom. The van der Waals surface area contributed by atoms with Crippen LogP contribution in [0.5, 0.6) is 0 Å². The molecule has 114 valence electrons. The SMILES string of the molecule is O=C(N[C@H]1CN2CCC1CC2)c1csc(-c2cccnc2)n1. The van der Waals surface area contributed by atoms with Gasteiger partial charge in [-0.1, -0.05) is 0 Å². The molecule has 1 amide bonds. The number of pyridine rings is 1. The molecule has 22 heavy (non-hydrogen) atoms. The highest BCUT2D eigenvalue weighted by molar-refractivity contribution is 7.13. The number of piperidine rings is 3. The Kier molecular flexibility index (Phi) is 3.63. The van der Waals surface area contributed by atoms with E-state index < -0.39 is 0 Å². The first kappa shape index (κ1) is 13.8. The van der Waals surface area contributed by atoms with E-state index in [1.807, 2.05) is 17.5 Å². The maximum Gasteiger partial charge on any atom is 0.271 e. The molecule has 6 heteroatoms. The number of aromatic nitrogens is 2. The molecule has 0 aromatic carbocycles. The minimum Gasteiger partial charge on any atom is -0.346 e. The van der Waals surface area contributed by atoms with Crippen molar-refractivity contribution in [2.45, 2.75) is 18.9 Å². The van der Waals surface area contributed by atoms with Gasteiger partial charge in [-0.2, -0.15) is 0 Å². The first-order valence-corrected chi connectivity index (χ1v) is 8.57. The molecule has 1 N–H and O–H groups in total. The molecule has 5 rings (SSSR count). The molecule has 5 heterocycles. The maximum absolute atomic E-state index is 12.4. The van der Waals surface area contributed by atoms with Gasteiger partial charge < -0.3 is 10.2 Å². The van der Waals surface area contributed by atoms with Gasteiger partial charge in [-0.05, 0) is 44.0 Å². The average Bonchev–Trinajstić information content (AvgIpc) is 3.07. The summed E-state index contributed by atoms with van der Waals surface area (Å²) in [6.45, 7) is 3.34. The number of rotatable bonds is 3. The van der Waals surface area contributed by atoms with Crippen LogP contribution in [0.25, 0.3) is 10.6 Å². The molecular formula is C16H18N4OS. The second kappa shape index (κ2) is 5.78. The molecule has 5 nitrogen and oxygen atoms in total.